The van der Waals surface area contributed by atoms with Gasteiger partial charge in [0.1, 0.15) is 16.1 Å². The van der Waals surface area contributed by atoms with Crippen molar-refractivity contribution in [3.05, 3.63) is 46.2 Å². The van der Waals surface area contributed by atoms with Gasteiger partial charge in [0, 0.05) is 6.54 Å². The molecule has 1 aliphatic carbocycles. The standard InChI is InChI=1S/C22H23N7O3S/c1-4-29-10-23-18-16(29)19(25-15-8-5-12-9-13(32-3)6-7-14(12)15)27-21(26-18)28-22-24-11(2)17(33-22)20(30)31/h6-7,9-10,15H,4-5,8H2,1-3H3,(H,30,31)(H2,24,25,26,27,28). The normalized spacial score (nSPS) is 14.9. The third-order valence-electron chi connectivity index (χ3n) is 5.76. The number of carboxylic acids is 1. The average molecular weight is 466 g/mol. The number of hydrogen-bond acceptors (Lipinski definition) is 9. The topological polar surface area (TPSA) is 127 Å². The fraction of sp³-hybridized carbons (Fsp3) is 0.318. The lowest BCUT2D eigenvalue weighted by Crippen LogP contribution is -2.12. The maximum absolute atomic E-state index is 11.4. The first-order chi connectivity index (χ1) is 16.0. The fourth-order valence-corrected chi connectivity index (χ4v) is 4.95. The molecule has 1 unspecified atom stereocenters. The van der Waals surface area contributed by atoms with Gasteiger partial charge in [0.15, 0.2) is 16.6 Å². The zero-order valence-corrected chi connectivity index (χ0v) is 19.2. The van der Waals surface area contributed by atoms with Gasteiger partial charge in [-0.05, 0) is 49.9 Å². The van der Waals surface area contributed by atoms with Gasteiger partial charge in [-0.1, -0.05) is 17.4 Å². The average Bonchev–Trinajstić information content (AvgIpc) is 3.50. The molecule has 3 N–H and O–H groups in total. The number of nitrogens with one attached hydrogen (secondary N) is 2. The van der Waals surface area contributed by atoms with E-state index in [2.05, 4.69) is 37.7 Å². The molecule has 0 bridgehead atoms. The van der Waals surface area contributed by atoms with Gasteiger partial charge in [-0.2, -0.15) is 9.97 Å². The summed E-state index contributed by atoms with van der Waals surface area (Å²) in [5.41, 5.74) is 4.31. The molecule has 0 amide bonds. The van der Waals surface area contributed by atoms with Crippen LogP contribution in [0.15, 0.2) is 24.5 Å². The Hall–Kier alpha value is -3.73. The van der Waals surface area contributed by atoms with Crippen LogP contribution in [0.5, 0.6) is 5.75 Å². The van der Waals surface area contributed by atoms with Crippen molar-refractivity contribution < 1.29 is 14.6 Å². The summed E-state index contributed by atoms with van der Waals surface area (Å²) in [6, 6.07) is 6.25. The van der Waals surface area contributed by atoms with Gasteiger partial charge >= 0.3 is 5.97 Å². The first-order valence-corrected chi connectivity index (χ1v) is 11.4. The van der Waals surface area contributed by atoms with Crippen LogP contribution in [0, 0.1) is 6.92 Å². The molecule has 33 heavy (non-hydrogen) atoms. The zero-order valence-electron chi connectivity index (χ0n) is 18.4. The summed E-state index contributed by atoms with van der Waals surface area (Å²) in [6.45, 7) is 4.44. The van der Waals surface area contributed by atoms with Crippen molar-refractivity contribution in [2.24, 2.45) is 0 Å². The van der Waals surface area contributed by atoms with Crippen LogP contribution in [0.4, 0.5) is 16.9 Å². The summed E-state index contributed by atoms with van der Waals surface area (Å²) in [5, 5.41) is 16.4. The Labute approximate surface area is 193 Å². The quantitative estimate of drug-likeness (QED) is 0.369. The predicted octanol–water partition coefficient (Wildman–Crippen LogP) is 4.16. The Bertz CT molecular complexity index is 1360. The zero-order chi connectivity index (χ0) is 23.1. The molecule has 11 heteroatoms. The number of rotatable bonds is 7. The summed E-state index contributed by atoms with van der Waals surface area (Å²) >= 11 is 1.05. The molecule has 0 saturated carbocycles. The van der Waals surface area contributed by atoms with Gasteiger partial charge in [0.25, 0.3) is 0 Å². The predicted molar refractivity (Wildman–Crippen MR) is 126 cm³/mol. The summed E-state index contributed by atoms with van der Waals surface area (Å²) in [5.74, 6) is 0.830. The first kappa shape index (κ1) is 21.1. The summed E-state index contributed by atoms with van der Waals surface area (Å²) in [7, 11) is 1.67. The summed E-state index contributed by atoms with van der Waals surface area (Å²) in [6.07, 6.45) is 3.63. The third kappa shape index (κ3) is 3.84. The summed E-state index contributed by atoms with van der Waals surface area (Å²) < 4.78 is 7.37. The highest BCUT2D eigenvalue weighted by atomic mass is 32.1. The van der Waals surface area contributed by atoms with Crippen LogP contribution in [0.25, 0.3) is 11.2 Å². The van der Waals surface area contributed by atoms with Crippen LogP contribution >= 0.6 is 11.3 Å². The number of imidazole rings is 1. The van der Waals surface area contributed by atoms with Gasteiger partial charge in [0.05, 0.1) is 25.2 Å². The minimum Gasteiger partial charge on any atom is -0.497 e. The summed E-state index contributed by atoms with van der Waals surface area (Å²) in [4.78, 5) is 29.6. The number of hydrogen-bond donors (Lipinski definition) is 3. The molecule has 1 atom stereocenters. The highest BCUT2D eigenvalue weighted by Crippen LogP contribution is 2.37. The van der Waals surface area contributed by atoms with E-state index in [4.69, 9.17) is 9.72 Å². The van der Waals surface area contributed by atoms with Crippen LogP contribution in [-0.2, 0) is 13.0 Å². The second-order valence-electron chi connectivity index (χ2n) is 7.76. The van der Waals surface area contributed by atoms with Crippen LogP contribution < -0.4 is 15.4 Å². The number of anilines is 3. The number of fused-ring (bicyclic) bond motifs is 2. The minimum absolute atomic E-state index is 0.0952. The number of carbonyl (C=O) groups is 1. The molecule has 170 valence electrons. The number of aromatic carboxylic acids is 1. The number of aromatic nitrogens is 5. The van der Waals surface area contributed by atoms with Crippen LogP contribution in [0.3, 0.4) is 0 Å². The molecule has 1 aromatic carbocycles. The number of benzene rings is 1. The number of methoxy groups -OCH3 is 1. The number of aryl methyl sites for hydroxylation is 3. The lowest BCUT2D eigenvalue weighted by atomic mass is 10.1. The van der Waals surface area contributed by atoms with Gasteiger partial charge in [-0.25, -0.2) is 14.8 Å². The molecule has 4 aromatic rings. The fourth-order valence-electron chi connectivity index (χ4n) is 4.16. The molecule has 0 saturated heterocycles. The van der Waals surface area contributed by atoms with Crippen molar-refractivity contribution in [2.75, 3.05) is 17.7 Å². The highest BCUT2D eigenvalue weighted by Gasteiger charge is 2.25. The molecule has 0 spiro atoms. The molecular weight excluding hydrogens is 442 g/mol. The molecule has 3 aromatic heterocycles. The second-order valence-corrected chi connectivity index (χ2v) is 8.76. The number of carboxylic acid groups (broad SMARTS) is 1. The molecule has 0 aliphatic heterocycles. The van der Waals surface area contributed by atoms with E-state index in [1.165, 1.54) is 11.1 Å². The van der Waals surface area contributed by atoms with Crippen molar-refractivity contribution >= 4 is 45.4 Å². The molecule has 3 heterocycles. The second kappa shape index (κ2) is 8.32. The van der Waals surface area contributed by atoms with Crippen molar-refractivity contribution in [3.63, 3.8) is 0 Å². The van der Waals surface area contributed by atoms with Gasteiger partial charge in [-0.15, -0.1) is 0 Å². The SMILES string of the molecule is CCn1cnc2nc(Nc3nc(C)c(C(=O)O)s3)nc(NC3CCc4cc(OC)ccc43)c21. The van der Waals surface area contributed by atoms with Gasteiger partial charge < -0.3 is 19.7 Å². The maximum Gasteiger partial charge on any atom is 0.347 e. The lowest BCUT2D eigenvalue weighted by molar-refractivity contribution is 0.0701. The van der Waals surface area contributed by atoms with E-state index in [-0.39, 0.29) is 10.9 Å². The van der Waals surface area contributed by atoms with Crippen LogP contribution in [0.1, 0.15) is 45.9 Å². The smallest absolute Gasteiger partial charge is 0.347 e. The Kier molecular flexibility index (Phi) is 5.33. The molecular formula is C22H23N7O3S. The monoisotopic (exact) mass is 465 g/mol. The number of ether oxygens (including phenoxy) is 1. The van der Waals surface area contributed by atoms with E-state index in [1.54, 1.807) is 20.4 Å². The van der Waals surface area contributed by atoms with E-state index >= 15 is 0 Å². The van der Waals surface area contributed by atoms with E-state index in [0.29, 0.717) is 28.2 Å². The van der Waals surface area contributed by atoms with Crippen LogP contribution in [-0.4, -0.2) is 42.7 Å². The van der Waals surface area contributed by atoms with E-state index in [0.717, 1.165) is 42.0 Å². The first-order valence-electron chi connectivity index (χ1n) is 10.6. The molecule has 10 nitrogen and oxygen atoms in total. The van der Waals surface area contributed by atoms with E-state index in [9.17, 15) is 9.90 Å². The molecule has 1 aliphatic rings. The Morgan fingerprint density at radius 1 is 1.33 bits per heavy atom. The Morgan fingerprint density at radius 3 is 2.91 bits per heavy atom. The molecule has 0 radical (unpaired) electrons. The van der Waals surface area contributed by atoms with Crippen molar-refractivity contribution in [1.29, 1.82) is 0 Å². The van der Waals surface area contributed by atoms with E-state index in [1.807, 2.05) is 17.6 Å². The van der Waals surface area contributed by atoms with Crippen molar-refractivity contribution in [3.8, 4) is 5.75 Å². The van der Waals surface area contributed by atoms with Crippen molar-refractivity contribution in [2.45, 2.75) is 39.3 Å². The van der Waals surface area contributed by atoms with E-state index < -0.39 is 5.97 Å². The largest absolute Gasteiger partial charge is 0.497 e. The van der Waals surface area contributed by atoms with Crippen LogP contribution in [0.2, 0.25) is 0 Å². The minimum atomic E-state index is -1.00. The van der Waals surface area contributed by atoms with Crippen molar-refractivity contribution in [1.82, 2.24) is 24.5 Å². The third-order valence-corrected chi connectivity index (χ3v) is 6.82. The number of thiazole rings is 1. The lowest BCUT2D eigenvalue weighted by Gasteiger charge is -2.17. The highest BCUT2D eigenvalue weighted by molar-refractivity contribution is 7.17. The Morgan fingerprint density at radius 2 is 2.18 bits per heavy atom. The van der Waals surface area contributed by atoms with Gasteiger partial charge in [0.2, 0.25) is 5.95 Å². The number of nitrogens with zero attached hydrogens (tertiary/aromatic N) is 5. The molecule has 5 rings (SSSR count). The Balaban J connectivity index is 1.51. The maximum atomic E-state index is 11.4. The van der Waals surface area contributed by atoms with Gasteiger partial charge in [-0.3, -0.25) is 5.32 Å². The molecule has 0 fully saturated rings.